The number of carbonyl (C=O) groups is 1. The van der Waals surface area contributed by atoms with Gasteiger partial charge in [0.25, 0.3) is 5.56 Å². The number of nitrogens with two attached hydrogens (primary N) is 1. The minimum atomic E-state index is -0.462. The third kappa shape index (κ3) is 3.21. The number of pyridine rings is 1. The van der Waals surface area contributed by atoms with Crippen LogP contribution in [0, 0.1) is 0 Å². The fourth-order valence-electron chi connectivity index (χ4n) is 1.40. The predicted octanol–water partition coefficient (Wildman–Crippen LogP) is 1.24. The number of rotatable bonds is 4. The van der Waals surface area contributed by atoms with Crippen LogP contribution in [-0.4, -0.2) is 10.5 Å². The topological polar surface area (TPSA) is 74.3 Å². The van der Waals surface area contributed by atoms with E-state index in [1.807, 2.05) is 17.5 Å². The number of nitrogens with zero attached hydrogens (tertiary/aromatic N) is 1. The Kier molecular flexibility index (Phi) is 3.78. The highest BCUT2D eigenvalue weighted by Crippen LogP contribution is 2.09. The minimum Gasteiger partial charge on any atom is -0.459 e. The Bertz CT molecular complexity index is 590. The van der Waals surface area contributed by atoms with E-state index >= 15 is 0 Å². The number of ether oxygens (including phenoxy) is 1. The zero-order chi connectivity index (χ0) is 13.0. The zero-order valence-electron chi connectivity index (χ0n) is 9.54. The molecule has 5 nitrogen and oxygen atoms in total. The van der Waals surface area contributed by atoms with Gasteiger partial charge in [-0.2, -0.15) is 0 Å². The molecule has 0 bridgehead atoms. The molecule has 0 fully saturated rings. The number of anilines is 1. The summed E-state index contributed by atoms with van der Waals surface area (Å²) < 4.78 is 6.28. The lowest BCUT2D eigenvalue weighted by Gasteiger charge is -2.06. The van der Waals surface area contributed by atoms with Crippen LogP contribution in [0.5, 0.6) is 0 Å². The summed E-state index contributed by atoms with van der Waals surface area (Å²) in [6, 6.07) is 6.58. The smallest absolute Gasteiger partial charge is 0.326 e. The Balaban J connectivity index is 1.95. The van der Waals surface area contributed by atoms with E-state index in [0.717, 1.165) is 4.88 Å². The summed E-state index contributed by atoms with van der Waals surface area (Å²) in [5, 5.41) is 1.91. The Hall–Kier alpha value is -2.08. The molecule has 0 amide bonds. The van der Waals surface area contributed by atoms with Gasteiger partial charge in [-0.3, -0.25) is 9.59 Å². The highest BCUT2D eigenvalue weighted by Gasteiger charge is 2.06. The summed E-state index contributed by atoms with van der Waals surface area (Å²) in [4.78, 5) is 24.0. The number of thiophene rings is 1. The van der Waals surface area contributed by atoms with Crippen molar-refractivity contribution in [2.75, 3.05) is 5.73 Å². The first-order valence-electron chi connectivity index (χ1n) is 5.29. The maximum absolute atomic E-state index is 11.6. The Morgan fingerprint density at radius 3 is 2.94 bits per heavy atom. The molecule has 2 aromatic rings. The van der Waals surface area contributed by atoms with Crippen LogP contribution >= 0.6 is 11.3 Å². The number of nitrogen functional groups attached to an aromatic ring is 1. The average Bonchev–Trinajstić information content (AvgIpc) is 2.84. The molecule has 0 aliphatic heterocycles. The molecule has 0 saturated heterocycles. The lowest BCUT2D eigenvalue weighted by Crippen LogP contribution is -2.24. The molecule has 2 heterocycles. The lowest BCUT2D eigenvalue weighted by molar-refractivity contribution is -0.145. The van der Waals surface area contributed by atoms with Gasteiger partial charge in [-0.1, -0.05) is 6.07 Å². The monoisotopic (exact) mass is 264 g/mol. The van der Waals surface area contributed by atoms with Crippen molar-refractivity contribution in [3.8, 4) is 0 Å². The van der Waals surface area contributed by atoms with Crippen molar-refractivity contribution in [2.24, 2.45) is 0 Å². The molecule has 6 heteroatoms. The second-order valence-corrected chi connectivity index (χ2v) is 4.70. The van der Waals surface area contributed by atoms with Crippen LogP contribution in [0.15, 0.2) is 40.6 Å². The van der Waals surface area contributed by atoms with Crippen LogP contribution in [0.4, 0.5) is 5.69 Å². The molecule has 0 aliphatic carbocycles. The van der Waals surface area contributed by atoms with Crippen molar-refractivity contribution in [3.63, 3.8) is 0 Å². The van der Waals surface area contributed by atoms with Gasteiger partial charge in [0.15, 0.2) is 0 Å². The van der Waals surface area contributed by atoms with E-state index in [9.17, 15) is 9.59 Å². The van der Waals surface area contributed by atoms with Gasteiger partial charge < -0.3 is 15.0 Å². The second kappa shape index (κ2) is 5.50. The SMILES string of the molecule is Nc1ccc(=O)n(CC(=O)OCc2cccs2)c1. The summed E-state index contributed by atoms with van der Waals surface area (Å²) in [7, 11) is 0. The summed E-state index contributed by atoms with van der Waals surface area (Å²) in [5.41, 5.74) is 5.70. The molecule has 0 radical (unpaired) electrons. The van der Waals surface area contributed by atoms with Crippen LogP contribution < -0.4 is 11.3 Å². The van der Waals surface area contributed by atoms with E-state index in [1.54, 1.807) is 0 Å². The van der Waals surface area contributed by atoms with Crippen LogP contribution in [0.3, 0.4) is 0 Å². The van der Waals surface area contributed by atoms with Gasteiger partial charge in [-0.05, 0) is 17.5 Å². The van der Waals surface area contributed by atoms with Crippen LogP contribution in [0.1, 0.15) is 4.88 Å². The van der Waals surface area contributed by atoms with E-state index < -0.39 is 5.97 Å². The number of esters is 1. The van der Waals surface area contributed by atoms with Gasteiger partial charge in [0.1, 0.15) is 13.2 Å². The lowest BCUT2D eigenvalue weighted by atomic mass is 10.4. The standard InChI is InChI=1S/C12H12N2O3S/c13-9-3-4-11(15)14(6-9)7-12(16)17-8-10-2-1-5-18-10/h1-6H,7-8,13H2. The first-order chi connectivity index (χ1) is 8.65. The van der Waals surface area contributed by atoms with Gasteiger partial charge in [-0.15, -0.1) is 11.3 Å². The number of carbonyl (C=O) groups excluding carboxylic acids is 1. The second-order valence-electron chi connectivity index (χ2n) is 3.67. The van der Waals surface area contributed by atoms with Gasteiger partial charge in [0.05, 0.1) is 0 Å². The number of hydrogen-bond acceptors (Lipinski definition) is 5. The Labute approximate surface area is 107 Å². The molecule has 0 spiro atoms. The molecule has 94 valence electrons. The first-order valence-corrected chi connectivity index (χ1v) is 6.17. The van der Waals surface area contributed by atoms with Crippen molar-refractivity contribution in [1.29, 1.82) is 0 Å². The fraction of sp³-hybridized carbons (Fsp3) is 0.167. The summed E-state index contributed by atoms with van der Waals surface area (Å²) in [6.07, 6.45) is 1.43. The molecule has 0 atom stereocenters. The maximum Gasteiger partial charge on any atom is 0.326 e. The van der Waals surface area contributed by atoms with Gasteiger partial charge in [0.2, 0.25) is 0 Å². The third-order valence-electron chi connectivity index (χ3n) is 2.26. The van der Waals surface area contributed by atoms with E-state index in [-0.39, 0.29) is 18.7 Å². The summed E-state index contributed by atoms with van der Waals surface area (Å²) in [6.45, 7) is 0.100. The van der Waals surface area contributed by atoms with Gasteiger partial charge >= 0.3 is 5.97 Å². The number of hydrogen-bond donors (Lipinski definition) is 1. The van der Waals surface area contributed by atoms with Crippen LogP contribution in [0.25, 0.3) is 0 Å². The van der Waals surface area contributed by atoms with Gasteiger partial charge in [0, 0.05) is 22.8 Å². The highest BCUT2D eigenvalue weighted by molar-refractivity contribution is 7.09. The van der Waals surface area contributed by atoms with Gasteiger partial charge in [-0.25, -0.2) is 0 Å². The molecule has 2 aromatic heterocycles. The Morgan fingerprint density at radius 1 is 1.39 bits per heavy atom. The molecule has 2 N–H and O–H groups in total. The highest BCUT2D eigenvalue weighted by atomic mass is 32.1. The van der Waals surface area contributed by atoms with Crippen molar-refractivity contribution < 1.29 is 9.53 Å². The minimum absolute atomic E-state index is 0.130. The molecule has 0 saturated carbocycles. The molecule has 0 unspecified atom stereocenters. The summed E-state index contributed by atoms with van der Waals surface area (Å²) in [5.74, 6) is -0.462. The average molecular weight is 264 g/mol. The van der Waals surface area contributed by atoms with Crippen molar-refractivity contribution in [3.05, 3.63) is 51.1 Å². The molecular formula is C12H12N2O3S. The quantitative estimate of drug-likeness (QED) is 0.843. The van der Waals surface area contributed by atoms with E-state index in [1.165, 1.54) is 34.2 Å². The molecule has 0 aromatic carbocycles. The fourth-order valence-corrected chi connectivity index (χ4v) is 2.02. The molecule has 0 aliphatic rings. The first kappa shape index (κ1) is 12.4. The maximum atomic E-state index is 11.6. The van der Waals surface area contributed by atoms with Crippen LogP contribution in [-0.2, 0) is 22.7 Å². The molecular weight excluding hydrogens is 252 g/mol. The predicted molar refractivity (Wildman–Crippen MR) is 69.2 cm³/mol. The van der Waals surface area contributed by atoms with Crippen molar-refractivity contribution in [1.82, 2.24) is 4.57 Å². The van der Waals surface area contributed by atoms with Crippen molar-refractivity contribution in [2.45, 2.75) is 13.2 Å². The summed E-state index contributed by atoms with van der Waals surface area (Å²) >= 11 is 1.51. The third-order valence-corrected chi connectivity index (χ3v) is 3.11. The zero-order valence-corrected chi connectivity index (χ0v) is 10.4. The normalized spacial score (nSPS) is 10.2. The Morgan fingerprint density at radius 2 is 2.22 bits per heavy atom. The molecule has 2 rings (SSSR count). The number of aromatic nitrogens is 1. The van der Waals surface area contributed by atoms with E-state index in [2.05, 4.69) is 0 Å². The van der Waals surface area contributed by atoms with E-state index in [4.69, 9.17) is 10.5 Å². The van der Waals surface area contributed by atoms with Crippen molar-refractivity contribution >= 4 is 23.0 Å². The van der Waals surface area contributed by atoms with Crippen LogP contribution in [0.2, 0.25) is 0 Å². The molecule has 18 heavy (non-hydrogen) atoms. The largest absolute Gasteiger partial charge is 0.459 e. The van der Waals surface area contributed by atoms with E-state index in [0.29, 0.717) is 5.69 Å².